The number of nitrogens with zero attached hydrogens (tertiary/aromatic N) is 1. The Kier molecular flexibility index (Phi) is 4.78. The molecule has 20 heavy (non-hydrogen) atoms. The second-order valence-corrected chi connectivity index (χ2v) is 8.43. The molecule has 3 heteroatoms. The first kappa shape index (κ1) is 15.8. The molecule has 0 unspecified atom stereocenters. The van der Waals surface area contributed by atoms with Crippen LogP contribution < -0.4 is 5.32 Å². The third-order valence-electron chi connectivity index (χ3n) is 4.81. The molecule has 0 spiro atoms. The summed E-state index contributed by atoms with van der Waals surface area (Å²) in [6.45, 7) is 11.9. The van der Waals surface area contributed by atoms with Crippen LogP contribution >= 0.6 is 0 Å². The molecule has 0 radical (unpaired) electrons. The maximum absolute atomic E-state index is 12.2. The molecule has 1 saturated heterocycles. The monoisotopic (exact) mass is 280 g/mol. The molecule has 3 nitrogen and oxygen atoms in total. The van der Waals surface area contributed by atoms with Crippen molar-refractivity contribution in [1.29, 1.82) is 0 Å². The molecule has 0 bridgehead atoms. The highest BCUT2D eigenvalue weighted by Crippen LogP contribution is 2.45. The van der Waals surface area contributed by atoms with Gasteiger partial charge in [0, 0.05) is 19.1 Å². The van der Waals surface area contributed by atoms with Crippen molar-refractivity contribution in [2.75, 3.05) is 19.6 Å². The van der Waals surface area contributed by atoms with Crippen molar-refractivity contribution < 1.29 is 4.79 Å². The fourth-order valence-electron chi connectivity index (χ4n) is 4.48. The number of hydrogen-bond donors (Lipinski definition) is 1. The summed E-state index contributed by atoms with van der Waals surface area (Å²) >= 11 is 0. The Bertz CT molecular complexity index is 327. The van der Waals surface area contributed by atoms with Gasteiger partial charge < -0.3 is 10.2 Å². The van der Waals surface area contributed by atoms with E-state index in [4.69, 9.17) is 0 Å². The van der Waals surface area contributed by atoms with Gasteiger partial charge in [0.2, 0.25) is 5.91 Å². The first-order chi connectivity index (χ1) is 9.27. The number of piperidine rings is 1. The first-order valence-corrected chi connectivity index (χ1v) is 8.29. The number of likely N-dealkylation sites (tertiary alicyclic amines) is 1. The van der Waals surface area contributed by atoms with Crippen molar-refractivity contribution in [2.45, 2.75) is 72.3 Å². The highest BCUT2D eigenvalue weighted by Gasteiger charge is 2.38. The molecule has 0 aromatic heterocycles. The van der Waals surface area contributed by atoms with E-state index in [1.807, 2.05) is 4.90 Å². The molecule has 2 aliphatic rings. The summed E-state index contributed by atoms with van der Waals surface area (Å²) in [6.07, 6.45) is 7.28. The minimum Gasteiger partial charge on any atom is -0.342 e. The summed E-state index contributed by atoms with van der Waals surface area (Å²) in [5.74, 6) is 0.297. The van der Waals surface area contributed by atoms with Gasteiger partial charge in [-0.2, -0.15) is 0 Å². The Morgan fingerprint density at radius 2 is 1.60 bits per heavy atom. The van der Waals surface area contributed by atoms with Crippen LogP contribution in [0, 0.1) is 10.8 Å². The van der Waals surface area contributed by atoms with Gasteiger partial charge in [0.1, 0.15) is 0 Å². The highest BCUT2D eigenvalue weighted by molar-refractivity contribution is 5.78. The van der Waals surface area contributed by atoms with E-state index in [2.05, 4.69) is 33.0 Å². The quantitative estimate of drug-likeness (QED) is 0.861. The van der Waals surface area contributed by atoms with E-state index in [9.17, 15) is 4.79 Å². The van der Waals surface area contributed by atoms with Gasteiger partial charge in [-0.05, 0) is 49.4 Å². The van der Waals surface area contributed by atoms with Crippen LogP contribution in [0.3, 0.4) is 0 Å². The lowest BCUT2D eigenvalue weighted by Gasteiger charge is -2.45. The van der Waals surface area contributed by atoms with Gasteiger partial charge in [0.05, 0.1) is 6.54 Å². The number of carbonyl (C=O) groups is 1. The maximum atomic E-state index is 12.2. The Labute approximate surface area is 124 Å². The van der Waals surface area contributed by atoms with Crippen molar-refractivity contribution in [2.24, 2.45) is 10.8 Å². The van der Waals surface area contributed by atoms with Gasteiger partial charge >= 0.3 is 0 Å². The minimum atomic E-state index is 0.297. The molecule has 1 amide bonds. The third kappa shape index (κ3) is 4.47. The molecular weight excluding hydrogens is 248 g/mol. The van der Waals surface area contributed by atoms with Crippen LogP contribution in [0.1, 0.15) is 66.2 Å². The van der Waals surface area contributed by atoms with Crippen LogP contribution in [0.5, 0.6) is 0 Å². The largest absolute Gasteiger partial charge is 0.342 e. The molecular formula is C17H32N2O. The van der Waals surface area contributed by atoms with E-state index < -0.39 is 0 Å². The van der Waals surface area contributed by atoms with Crippen molar-refractivity contribution in [3.63, 3.8) is 0 Å². The lowest BCUT2D eigenvalue weighted by atomic mass is 9.63. The molecule has 1 heterocycles. The Morgan fingerprint density at radius 1 is 1.05 bits per heavy atom. The van der Waals surface area contributed by atoms with E-state index in [0.29, 0.717) is 29.3 Å². The zero-order valence-electron chi connectivity index (χ0n) is 13.8. The fourth-order valence-corrected chi connectivity index (χ4v) is 4.48. The Balaban J connectivity index is 1.82. The fraction of sp³-hybridized carbons (Fsp3) is 0.941. The van der Waals surface area contributed by atoms with Gasteiger partial charge in [-0.15, -0.1) is 0 Å². The van der Waals surface area contributed by atoms with E-state index in [1.54, 1.807) is 0 Å². The normalized spacial score (nSPS) is 26.5. The standard InChI is InChI=1S/C17H32N2O/c1-16(2)10-14(11-17(3,4)13-16)18-12-15(20)19-8-6-5-7-9-19/h14,18H,5-13H2,1-4H3. The second-order valence-electron chi connectivity index (χ2n) is 8.43. The number of carbonyl (C=O) groups excluding carboxylic acids is 1. The zero-order valence-corrected chi connectivity index (χ0v) is 13.8. The van der Waals surface area contributed by atoms with Crippen LogP contribution in [0.25, 0.3) is 0 Å². The molecule has 0 aromatic rings. The van der Waals surface area contributed by atoms with Crippen molar-refractivity contribution in [3.05, 3.63) is 0 Å². The molecule has 1 saturated carbocycles. The summed E-state index contributed by atoms with van der Waals surface area (Å²) in [7, 11) is 0. The SMILES string of the molecule is CC1(C)CC(NCC(=O)N2CCCCC2)CC(C)(C)C1. The number of rotatable bonds is 3. The summed E-state index contributed by atoms with van der Waals surface area (Å²) in [5, 5.41) is 3.54. The number of hydrogen-bond acceptors (Lipinski definition) is 2. The van der Waals surface area contributed by atoms with E-state index in [1.165, 1.54) is 38.5 Å². The van der Waals surface area contributed by atoms with Crippen molar-refractivity contribution >= 4 is 5.91 Å². The smallest absolute Gasteiger partial charge is 0.236 e. The lowest BCUT2D eigenvalue weighted by Crippen LogP contribution is -2.48. The van der Waals surface area contributed by atoms with Crippen LogP contribution in [-0.2, 0) is 4.79 Å². The summed E-state index contributed by atoms with van der Waals surface area (Å²) < 4.78 is 0. The summed E-state index contributed by atoms with van der Waals surface area (Å²) in [4.78, 5) is 14.3. The molecule has 0 atom stereocenters. The van der Waals surface area contributed by atoms with E-state index in [0.717, 1.165) is 13.1 Å². The highest BCUT2D eigenvalue weighted by atomic mass is 16.2. The molecule has 2 rings (SSSR count). The third-order valence-corrected chi connectivity index (χ3v) is 4.81. The average molecular weight is 280 g/mol. The number of amides is 1. The van der Waals surface area contributed by atoms with Gasteiger partial charge in [-0.3, -0.25) is 4.79 Å². The Morgan fingerprint density at radius 3 is 2.15 bits per heavy atom. The molecule has 1 N–H and O–H groups in total. The molecule has 116 valence electrons. The van der Waals surface area contributed by atoms with Crippen LogP contribution in [-0.4, -0.2) is 36.5 Å². The predicted molar refractivity (Wildman–Crippen MR) is 83.6 cm³/mol. The first-order valence-electron chi connectivity index (χ1n) is 8.29. The zero-order chi connectivity index (χ0) is 14.8. The molecule has 2 fully saturated rings. The molecule has 1 aliphatic heterocycles. The topological polar surface area (TPSA) is 32.3 Å². The van der Waals surface area contributed by atoms with Gasteiger partial charge in [0.15, 0.2) is 0 Å². The Hall–Kier alpha value is -0.570. The molecule has 1 aliphatic carbocycles. The van der Waals surface area contributed by atoms with Crippen LogP contribution in [0.15, 0.2) is 0 Å². The minimum absolute atomic E-state index is 0.297. The van der Waals surface area contributed by atoms with Crippen molar-refractivity contribution in [1.82, 2.24) is 10.2 Å². The van der Waals surface area contributed by atoms with Gasteiger partial charge in [-0.1, -0.05) is 27.7 Å². The second kappa shape index (κ2) is 6.05. The van der Waals surface area contributed by atoms with Gasteiger partial charge in [0.25, 0.3) is 0 Å². The van der Waals surface area contributed by atoms with Crippen LogP contribution in [0.2, 0.25) is 0 Å². The average Bonchev–Trinajstić information content (AvgIpc) is 2.33. The van der Waals surface area contributed by atoms with Crippen molar-refractivity contribution in [3.8, 4) is 0 Å². The lowest BCUT2D eigenvalue weighted by molar-refractivity contribution is -0.131. The van der Waals surface area contributed by atoms with Crippen LogP contribution in [0.4, 0.5) is 0 Å². The number of nitrogens with one attached hydrogen (secondary N) is 1. The summed E-state index contributed by atoms with van der Waals surface area (Å²) in [5.41, 5.74) is 0.765. The summed E-state index contributed by atoms with van der Waals surface area (Å²) in [6, 6.07) is 0.488. The van der Waals surface area contributed by atoms with Gasteiger partial charge in [-0.25, -0.2) is 0 Å². The predicted octanol–water partition coefficient (Wildman–Crippen LogP) is 3.19. The maximum Gasteiger partial charge on any atom is 0.236 e. The molecule has 0 aromatic carbocycles. The van der Waals surface area contributed by atoms with E-state index >= 15 is 0 Å². The van der Waals surface area contributed by atoms with E-state index in [-0.39, 0.29) is 0 Å².